The molecule has 0 spiro atoms. The van der Waals surface area contributed by atoms with Gasteiger partial charge in [0.1, 0.15) is 12.7 Å². The van der Waals surface area contributed by atoms with E-state index in [2.05, 4.69) is 25.5 Å². The van der Waals surface area contributed by atoms with Crippen LogP contribution in [0.3, 0.4) is 0 Å². The molecule has 0 aromatic heterocycles. The lowest BCUT2D eigenvalue weighted by Crippen LogP contribution is -2.70. The number of hydrogen-bond acceptors (Lipinski definition) is 7. The lowest BCUT2D eigenvalue weighted by Gasteiger charge is -2.46. The highest BCUT2D eigenvalue weighted by molar-refractivity contribution is 6.99. The highest BCUT2D eigenvalue weighted by atomic mass is 28.4. The van der Waals surface area contributed by atoms with Gasteiger partial charge in [-0.1, -0.05) is 81.4 Å². The number of ether oxygens (including phenoxy) is 3. The SMILES string of the molecule is COC(=O)OC[C@H]1OC(=O)[C@@](C)(O)[C@@H]1O[Si](c1ccccc1)(c1ccccc1)C(C)(C)C. The second-order valence-corrected chi connectivity index (χ2v) is 13.3. The second-order valence-electron chi connectivity index (χ2n) is 9.06. The Kier molecular flexibility index (Phi) is 6.78. The van der Waals surface area contributed by atoms with Crippen LogP contribution < -0.4 is 10.4 Å². The van der Waals surface area contributed by atoms with E-state index in [1.807, 2.05) is 60.7 Å². The third kappa shape index (κ3) is 4.30. The summed E-state index contributed by atoms with van der Waals surface area (Å²) in [4.78, 5) is 24.1. The zero-order valence-corrected chi connectivity index (χ0v) is 20.0. The van der Waals surface area contributed by atoms with E-state index >= 15 is 0 Å². The van der Waals surface area contributed by atoms with Crippen molar-refractivity contribution in [2.24, 2.45) is 0 Å². The first-order chi connectivity index (χ1) is 15.0. The summed E-state index contributed by atoms with van der Waals surface area (Å²) in [5.74, 6) is -0.820. The third-order valence-corrected chi connectivity index (χ3v) is 10.8. The number of aliphatic hydroxyl groups is 1. The van der Waals surface area contributed by atoms with E-state index in [-0.39, 0.29) is 11.6 Å². The molecule has 8 heteroatoms. The number of cyclic esters (lactones) is 1. The van der Waals surface area contributed by atoms with E-state index in [1.54, 1.807) is 0 Å². The minimum absolute atomic E-state index is 0.294. The van der Waals surface area contributed by atoms with Crippen molar-refractivity contribution < 1.29 is 33.3 Å². The molecule has 7 nitrogen and oxygen atoms in total. The Labute approximate surface area is 189 Å². The van der Waals surface area contributed by atoms with Crippen molar-refractivity contribution in [2.45, 2.75) is 50.5 Å². The van der Waals surface area contributed by atoms with Crippen LogP contribution >= 0.6 is 0 Å². The van der Waals surface area contributed by atoms with Crippen LogP contribution in [0.4, 0.5) is 4.79 Å². The molecule has 0 saturated carbocycles. The number of esters is 1. The molecule has 1 heterocycles. The minimum Gasteiger partial charge on any atom is -0.454 e. The molecule has 172 valence electrons. The molecule has 3 rings (SSSR count). The Morgan fingerprint density at radius 1 is 1.06 bits per heavy atom. The van der Waals surface area contributed by atoms with Crippen molar-refractivity contribution in [3.8, 4) is 0 Å². The Bertz CT molecular complexity index is 898. The Morgan fingerprint density at radius 2 is 1.56 bits per heavy atom. The van der Waals surface area contributed by atoms with Crippen LogP contribution in [0.5, 0.6) is 0 Å². The molecule has 0 amide bonds. The summed E-state index contributed by atoms with van der Waals surface area (Å²) >= 11 is 0. The Hall–Kier alpha value is -2.68. The molecule has 2 aromatic carbocycles. The second kappa shape index (κ2) is 9.05. The Morgan fingerprint density at radius 3 is 2.00 bits per heavy atom. The molecule has 2 aromatic rings. The number of carbonyl (C=O) groups excluding carboxylic acids is 2. The lowest BCUT2D eigenvalue weighted by atomic mass is 9.99. The molecule has 0 unspecified atom stereocenters. The molecule has 1 aliphatic heterocycles. The van der Waals surface area contributed by atoms with Crippen molar-refractivity contribution in [3.05, 3.63) is 60.7 Å². The largest absolute Gasteiger partial charge is 0.508 e. The van der Waals surface area contributed by atoms with Crippen LogP contribution in [0.25, 0.3) is 0 Å². The van der Waals surface area contributed by atoms with Crippen molar-refractivity contribution in [2.75, 3.05) is 13.7 Å². The van der Waals surface area contributed by atoms with Gasteiger partial charge in [-0.15, -0.1) is 0 Å². The summed E-state index contributed by atoms with van der Waals surface area (Å²) in [6, 6.07) is 19.7. The van der Waals surface area contributed by atoms with Gasteiger partial charge in [-0.3, -0.25) is 0 Å². The molecule has 32 heavy (non-hydrogen) atoms. The van der Waals surface area contributed by atoms with Crippen LogP contribution in [0.2, 0.25) is 5.04 Å². The first-order valence-electron chi connectivity index (χ1n) is 10.5. The van der Waals surface area contributed by atoms with E-state index in [1.165, 1.54) is 14.0 Å². The molecular formula is C24H30O7Si. The van der Waals surface area contributed by atoms with E-state index < -0.39 is 38.3 Å². The van der Waals surface area contributed by atoms with Crippen LogP contribution in [0.15, 0.2) is 60.7 Å². The lowest BCUT2D eigenvalue weighted by molar-refractivity contribution is -0.155. The van der Waals surface area contributed by atoms with Gasteiger partial charge in [-0.2, -0.15) is 0 Å². The first kappa shape index (κ1) is 24.0. The van der Waals surface area contributed by atoms with E-state index in [4.69, 9.17) is 13.9 Å². The van der Waals surface area contributed by atoms with Gasteiger partial charge in [-0.25, -0.2) is 9.59 Å². The van der Waals surface area contributed by atoms with Gasteiger partial charge in [-0.05, 0) is 22.3 Å². The zero-order chi connectivity index (χ0) is 23.6. The van der Waals surface area contributed by atoms with Crippen LogP contribution in [-0.2, 0) is 23.4 Å². The van der Waals surface area contributed by atoms with Crippen molar-refractivity contribution in [3.63, 3.8) is 0 Å². The molecule has 1 fully saturated rings. The fraction of sp³-hybridized carbons (Fsp3) is 0.417. The van der Waals surface area contributed by atoms with Crippen LogP contribution in [0.1, 0.15) is 27.7 Å². The molecule has 0 radical (unpaired) electrons. The maximum absolute atomic E-state index is 12.5. The summed E-state index contributed by atoms with van der Waals surface area (Å²) in [6.07, 6.45) is -2.96. The fourth-order valence-electron chi connectivity index (χ4n) is 4.20. The van der Waals surface area contributed by atoms with E-state index in [0.717, 1.165) is 10.4 Å². The molecule has 1 aliphatic rings. The Balaban J connectivity index is 2.14. The average Bonchev–Trinajstić information content (AvgIpc) is 2.98. The topological polar surface area (TPSA) is 91.3 Å². The number of benzene rings is 2. The maximum atomic E-state index is 12.5. The highest BCUT2D eigenvalue weighted by Gasteiger charge is 2.61. The molecule has 0 aliphatic carbocycles. The average molecular weight is 459 g/mol. The number of hydrogen-bond donors (Lipinski definition) is 1. The van der Waals surface area contributed by atoms with Gasteiger partial charge in [0.15, 0.2) is 11.7 Å². The highest BCUT2D eigenvalue weighted by Crippen LogP contribution is 2.41. The van der Waals surface area contributed by atoms with Crippen molar-refractivity contribution in [1.29, 1.82) is 0 Å². The summed E-state index contributed by atoms with van der Waals surface area (Å²) in [7, 11) is -1.91. The number of carbonyl (C=O) groups is 2. The maximum Gasteiger partial charge on any atom is 0.508 e. The van der Waals surface area contributed by atoms with Gasteiger partial charge in [0.05, 0.1) is 7.11 Å². The molecule has 1 N–H and O–H groups in total. The van der Waals surface area contributed by atoms with Gasteiger partial charge in [0, 0.05) is 0 Å². The van der Waals surface area contributed by atoms with Gasteiger partial charge in [0.2, 0.25) is 0 Å². The summed E-state index contributed by atoms with van der Waals surface area (Å²) in [6.45, 7) is 7.34. The smallest absolute Gasteiger partial charge is 0.454 e. The van der Waals surface area contributed by atoms with Crippen LogP contribution in [-0.4, -0.2) is 57.1 Å². The van der Waals surface area contributed by atoms with E-state index in [0.29, 0.717) is 0 Å². The standard InChI is InChI=1S/C24H30O7Si/c1-23(2,3)32(17-12-8-6-9-13-17,18-14-10-7-11-15-18)31-20-19(16-29-22(26)28-5)30-21(25)24(20,4)27/h6-15,19-20,27H,16H2,1-5H3/t19-,20-,24+/m1/s1. The predicted octanol–water partition coefficient (Wildman–Crippen LogP) is 2.39. The van der Waals surface area contributed by atoms with Crippen molar-refractivity contribution in [1.82, 2.24) is 0 Å². The third-order valence-electron chi connectivity index (χ3n) is 5.82. The minimum atomic E-state index is -3.10. The molecular weight excluding hydrogens is 428 g/mol. The van der Waals surface area contributed by atoms with Gasteiger partial charge >= 0.3 is 12.1 Å². The summed E-state index contributed by atoms with van der Waals surface area (Å²) in [5, 5.41) is 12.7. The predicted molar refractivity (Wildman–Crippen MR) is 121 cm³/mol. The normalized spacial score (nSPS) is 23.5. The number of rotatable bonds is 6. The molecule has 0 bridgehead atoms. The summed E-state index contributed by atoms with van der Waals surface area (Å²) in [5.41, 5.74) is -1.92. The zero-order valence-electron chi connectivity index (χ0n) is 19.0. The summed E-state index contributed by atoms with van der Waals surface area (Å²) < 4.78 is 21.9. The van der Waals surface area contributed by atoms with Gasteiger partial charge in [0.25, 0.3) is 8.32 Å². The van der Waals surface area contributed by atoms with Gasteiger partial charge < -0.3 is 23.7 Å². The van der Waals surface area contributed by atoms with Crippen LogP contribution in [0, 0.1) is 0 Å². The monoisotopic (exact) mass is 458 g/mol. The molecule has 3 atom stereocenters. The first-order valence-corrected chi connectivity index (χ1v) is 12.4. The van der Waals surface area contributed by atoms with Crippen molar-refractivity contribution >= 4 is 30.8 Å². The number of methoxy groups -OCH3 is 1. The fourth-order valence-corrected chi connectivity index (χ4v) is 8.98. The molecule has 1 saturated heterocycles. The quantitative estimate of drug-likeness (QED) is 0.525. The van der Waals surface area contributed by atoms with E-state index in [9.17, 15) is 14.7 Å².